The SMILES string of the molecule is CSCCC1NC(=O)N(c2ccc(CN)cc2)C1=O. The molecule has 19 heavy (non-hydrogen) atoms. The quantitative estimate of drug-likeness (QED) is 0.797. The maximum atomic E-state index is 12.2. The first-order valence-corrected chi connectivity index (χ1v) is 7.49. The highest BCUT2D eigenvalue weighted by molar-refractivity contribution is 7.98. The summed E-state index contributed by atoms with van der Waals surface area (Å²) in [6, 6.07) is 6.38. The Hall–Kier alpha value is -1.53. The predicted octanol–water partition coefficient (Wildman–Crippen LogP) is 1.32. The molecule has 1 saturated heterocycles. The summed E-state index contributed by atoms with van der Waals surface area (Å²) in [4.78, 5) is 25.3. The van der Waals surface area contributed by atoms with E-state index in [-0.39, 0.29) is 11.9 Å². The van der Waals surface area contributed by atoms with E-state index in [1.807, 2.05) is 18.4 Å². The lowest BCUT2D eigenvalue weighted by Crippen LogP contribution is -2.31. The summed E-state index contributed by atoms with van der Waals surface area (Å²) in [6.45, 7) is 0.441. The normalized spacial score (nSPS) is 18.8. The van der Waals surface area contributed by atoms with Crippen LogP contribution in [0.1, 0.15) is 12.0 Å². The molecular formula is C13H17N3O2S. The molecule has 0 saturated carbocycles. The van der Waals surface area contributed by atoms with Crippen molar-refractivity contribution in [3.05, 3.63) is 29.8 Å². The molecule has 0 spiro atoms. The summed E-state index contributed by atoms with van der Waals surface area (Å²) in [6.07, 6.45) is 2.63. The number of anilines is 1. The summed E-state index contributed by atoms with van der Waals surface area (Å²) >= 11 is 1.66. The first-order chi connectivity index (χ1) is 9.17. The highest BCUT2D eigenvalue weighted by Crippen LogP contribution is 2.21. The Labute approximate surface area is 116 Å². The van der Waals surface area contributed by atoms with Crippen LogP contribution in [-0.4, -0.2) is 30.0 Å². The Kier molecular flexibility index (Phi) is 4.44. The van der Waals surface area contributed by atoms with Gasteiger partial charge < -0.3 is 11.1 Å². The second kappa shape index (κ2) is 6.08. The van der Waals surface area contributed by atoms with E-state index in [1.165, 1.54) is 4.90 Å². The number of imide groups is 1. The molecule has 3 amide bonds. The van der Waals surface area contributed by atoms with Crippen molar-refractivity contribution in [1.29, 1.82) is 0 Å². The zero-order valence-electron chi connectivity index (χ0n) is 10.8. The first kappa shape index (κ1) is 13.9. The van der Waals surface area contributed by atoms with E-state index >= 15 is 0 Å². The Morgan fingerprint density at radius 1 is 1.32 bits per heavy atom. The molecule has 1 fully saturated rings. The summed E-state index contributed by atoms with van der Waals surface area (Å²) in [5.41, 5.74) is 7.08. The van der Waals surface area contributed by atoms with Crippen LogP contribution in [0.4, 0.5) is 10.5 Å². The van der Waals surface area contributed by atoms with Crippen LogP contribution in [0, 0.1) is 0 Å². The van der Waals surface area contributed by atoms with Gasteiger partial charge >= 0.3 is 6.03 Å². The van der Waals surface area contributed by atoms with Gasteiger partial charge in [0.25, 0.3) is 5.91 Å². The fraction of sp³-hybridized carbons (Fsp3) is 0.385. The summed E-state index contributed by atoms with van der Waals surface area (Å²) in [5, 5.41) is 2.72. The average molecular weight is 279 g/mol. The maximum Gasteiger partial charge on any atom is 0.329 e. The highest BCUT2D eigenvalue weighted by Gasteiger charge is 2.38. The molecule has 102 valence electrons. The van der Waals surface area contributed by atoms with Crippen molar-refractivity contribution in [2.45, 2.75) is 19.0 Å². The molecule has 1 aromatic rings. The molecule has 2 rings (SSSR count). The number of carbonyl (C=O) groups is 2. The molecule has 3 N–H and O–H groups in total. The van der Waals surface area contributed by atoms with Crippen molar-refractivity contribution in [2.75, 3.05) is 16.9 Å². The highest BCUT2D eigenvalue weighted by atomic mass is 32.2. The number of benzene rings is 1. The third-order valence-electron chi connectivity index (χ3n) is 3.06. The van der Waals surface area contributed by atoms with E-state index in [0.717, 1.165) is 11.3 Å². The molecule has 1 atom stereocenters. The van der Waals surface area contributed by atoms with Gasteiger partial charge in [0.2, 0.25) is 0 Å². The molecule has 1 aliphatic heterocycles. The van der Waals surface area contributed by atoms with E-state index < -0.39 is 6.04 Å². The number of amides is 3. The minimum Gasteiger partial charge on any atom is -0.326 e. The second-order valence-electron chi connectivity index (χ2n) is 4.33. The van der Waals surface area contributed by atoms with Crippen LogP contribution in [0.15, 0.2) is 24.3 Å². The van der Waals surface area contributed by atoms with Gasteiger partial charge in [-0.3, -0.25) is 4.79 Å². The van der Waals surface area contributed by atoms with Crippen LogP contribution in [0.25, 0.3) is 0 Å². The largest absolute Gasteiger partial charge is 0.329 e. The Balaban J connectivity index is 2.14. The molecule has 1 aliphatic rings. The summed E-state index contributed by atoms with van der Waals surface area (Å²) in [5.74, 6) is 0.663. The van der Waals surface area contributed by atoms with Crippen molar-refractivity contribution in [3.8, 4) is 0 Å². The molecule has 0 aliphatic carbocycles. The Morgan fingerprint density at radius 2 is 2.00 bits per heavy atom. The van der Waals surface area contributed by atoms with Crippen LogP contribution in [-0.2, 0) is 11.3 Å². The van der Waals surface area contributed by atoms with Crippen LogP contribution in [0.5, 0.6) is 0 Å². The number of nitrogens with one attached hydrogen (secondary N) is 1. The van der Waals surface area contributed by atoms with Gasteiger partial charge in [0.15, 0.2) is 0 Å². The fourth-order valence-corrected chi connectivity index (χ4v) is 2.46. The standard InChI is InChI=1S/C13H17N3O2S/c1-19-7-6-11-12(17)16(13(18)15-11)10-4-2-9(8-14)3-5-10/h2-5,11H,6-8,14H2,1H3,(H,15,18). The van der Waals surface area contributed by atoms with Gasteiger partial charge in [0.05, 0.1) is 5.69 Å². The summed E-state index contributed by atoms with van der Waals surface area (Å²) < 4.78 is 0. The van der Waals surface area contributed by atoms with Crippen molar-refractivity contribution >= 4 is 29.4 Å². The van der Waals surface area contributed by atoms with Crippen molar-refractivity contribution < 1.29 is 9.59 Å². The van der Waals surface area contributed by atoms with Crippen LogP contribution >= 0.6 is 11.8 Å². The third kappa shape index (κ3) is 2.90. The van der Waals surface area contributed by atoms with Gasteiger partial charge in [0.1, 0.15) is 6.04 Å². The Morgan fingerprint density at radius 3 is 2.58 bits per heavy atom. The van der Waals surface area contributed by atoms with Gasteiger partial charge in [0, 0.05) is 6.54 Å². The molecule has 1 unspecified atom stereocenters. The summed E-state index contributed by atoms with van der Waals surface area (Å²) in [7, 11) is 0. The van der Waals surface area contributed by atoms with Crippen molar-refractivity contribution in [2.24, 2.45) is 5.73 Å². The number of thioether (sulfide) groups is 1. The van der Waals surface area contributed by atoms with Gasteiger partial charge in [-0.1, -0.05) is 12.1 Å². The molecular weight excluding hydrogens is 262 g/mol. The second-order valence-corrected chi connectivity index (χ2v) is 5.31. The first-order valence-electron chi connectivity index (χ1n) is 6.09. The van der Waals surface area contributed by atoms with E-state index in [0.29, 0.717) is 18.7 Å². The third-order valence-corrected chi connectivity index (χ3v) is 3.70. The molecule has 0 radical (unpaired) electrons. The average Bonchev–Trinajstić information content (AvgIpc) is 2.71. The number of urea groups is 1. The number of nitrogens with two attached hydrogens (primary N) is 1. The van der Waals surface area contributed by atoms with Gasteiger partial charge in [-0.05, 0) is 36.1 Å². The molecule has 0 bridgehead atoms. The zero-order valence-corrected chi connectivity index (χ0v) is 11.6. The lowest BCUT2D eigenvalue weighted by Gasteiger charge is -2.13. The smallest absolute Gasteiger partial charge is 0.326 e. The fourth-order valence-electron chi connectivity index (χ4n) is 1.99. The molecule has 6 heteroatoms. The van der Waals surface area contributed by atoms with Gasteiger partial charge in [-0.25, -0.2) is 9.69 Å². The van der Waals surface area contributed by atoms with Gasteiger partial charge in [-0.15, -0.1) is 0 Å². The van der Waals surface area contributed by atoms with E-state index in [2.05, 4.69) is 5.32 Å². The van der Waals surface area contributed by atoms with Crippen molar-refractivity contribution in [1.82, 2.24) is 5.32 Å². The molecule has 1 aromatic carbocycles. The molecule has 1 heterocycles. The number of carbonyl (C=O) groups excluding carboxylic acids is 2. The van der Waals surface area contributed by atoms with Crippen molar-refractivity contribution in [3.63, 3.8) is 0 Å². The molecule has 0 aromatic heterocycles. The Bertz CT molecular complexity index is 475. The van der Waals surface area contributed by atoms with Crippen LogP contribution in [0.2, 0.25) is 0 Å². The van der Waals surface area contributed by atoms with E-state index in [9.17, 15) is 9.59 Å². The minimum absolute atomic E-state index is 0.181. The number of rotatable bonds is 5. The number of hydrogen-bond acceptors (Lipinski definition) is 4. The topological polar surface area (TPSA) is 75.4 Å². The number of hydrogen-bond donors (Lipinski definition) is 2. The zero-order chi connectivity index (χ0) is 13.8. The predicted molar refractivity (Wildman–Crippen MR) is 77.1 cm³/mol. The van der Waals surface area contributed by atoms with Gasteiger partial charge in [-0.2, -0.15) is 11.8 Å². The van der Waals surface area contributed by atoms with Crippen LogP contribution < -0.4 is 16.0 Å². The van der Waals surface area contributed by atoms with E-state index in [4.69, 9.17) is 5.73 Å². The maximum absolute atomic E-state index is 12.2. The lowest BCUT2D eigenvalue weighted by molar-refractivity contribution is -0.118. The minimum atomic E-state index is -0.408. The van der Waals surface area contributed by atoms with Crippen LogP contribution in [0.3, 0.4) is 0 Å². The molecule has 5 nitrogen and oxygen atoms in total. The number of nitrogens with zero attached hydrogens (tertiary/aromatic N) is 1. The monoisotopic (exact) mass is 279 g/mol. The van der Waals surface area contributed by atoms with E-state index in [1.54, 1.807) is 23.9 Å². The lowest BCUT2D eigenvalue weighted by atomic mass is 10.2.